The molecule has 25 heavy (non-hydrogen) atoms. The largest absolute Gasteiger partial charge is 0.493 e. The van der Waals surface area contributed by atoms with Crippen molar-refractivity contribution in [3.8, 4) is 0 Å². The first-order valence-corrected chi connectivity index (χ1v) is 8.76. The Morgan fingerprint density at radius 2 is 1.76 bits per heavy atom. The fraction of sp³-hybridized carbons (Fsp3) is 0.632. The summed E-state index contributed by atoms with van der Waals surface area (Å²) in [6, 6.07) is 8.12. The van der Waals surface area contributed by atoms with Gasteiger partial charge in [-0.3, -0.25) is 0 Å². The third-order valence-corrected chi connectivity index (χ3v) is 3.68. The number of benzene rings is 1. The van der Waals surface area contributed by atoms with Crippen molar-refractivity contribution in [1.29, 1.82) is 0 Å². The fourth-order valence-electron chi connectivity index (χ4n) is 2.44. The normalized spacial score (nSPS) is 17.4. The van der Waals surface area contributed by atoms with Crippen LogP contribution in [0.1, 0.15) is 40.2 Å². The van der Waals surface area contributed by atoms with Crippen molar-refractivity contribution in [3.63, 3.8) is 0 Å². The highest BCUT2D eigenvalue weighted by Crippen LogP contribution is 2.21. The van der Waals surface area contributed by atoms with Gasteiger partial charge in [0.25, 0.3) is 0 Å². The highest BCUT2D eigenvalue weighted by molar-refractivity contribution is 6.61. The zero-order valence-electron chi connectivity index (χ0n) is 16.0. The minimum Gasteiger partial charge on any atom is -0.458 e. The molecular formula is C19H29BO5. The predicted octanol–water partition coefficient (Wildman–Crippen LogP) is 2.36. The molecule has 5 nitrogen and oxygen atoms in total. The molecule has 0 amide bonds. The Hall–Kier alpha value is -1.37. The molecule has 0 aliphatic carbocycles. The van der Waals surface area contributed by atoms with Gasteiger partial charge in [0.05, 0.1) is 6.61 Å². The van der Waals surface area contributed by atoms with Crippen LogP contribution in [0.2, 0.25) is 0 Å². The topological polar surface area (TPSA) is 54.0 Å². The van der Waals surface area contributed by atoms with Gasteiger partial charge in [-0.25, -0.2) is 4.79 Å². The molecule has 1 aromatic rings. The van der Waals surface area contributed by atoms with E-state index in [1.54, 1.807) is 0 Å². The zero-order chi connectivity index (χ0) is 18.5. The first-order chi connectivity index (χ1) is 11.6. The maximum atomic E-state index is 11.6. The van der Waals surface area contributed by atoms with Gasteiger partial charge in [-0.05, 0) is 38.2 Å². The van der Waals surface area contributed by atoms with Crippen molar-refractivity contribution in [2.75, 3.05) is 26.4 Å². The van der Waals surface area contributed by atoms with Crippen molar-refractivity contribution in [2.45, 2.75) is 46.6 Å². The van der Waals surface area contributed by atoms with E-state index < -0.39 is 5.60 Å². The van der Waals surface area contributed by atoms with E-state index in [4.69, 9.17) is 18.8 Å². The van der Waals surface area contributed by atoms with Gasteiger partial charge in [0.15, 0.2) is 0 Å². The summed E-state index contributed by atoms with van der Waals surface area (Å²) >= 11 is 0. The summed E-state index contributed by atoms with van der Waals surface area (Å²) in [5.74, 6) is -0.336. The highest BCUT2D eigenvalue weighted by Gasteiger charge is 2.33. The molecule has 6 heteroatoms. The number of rotatable bonds is 6. The first kappa shape index (κ1) is 20.0. The second-order valence-electron chi connectivity index (χ2n) is 8.25. The van der Waals surface area contributed by atoms with Crippen molar-refractivity contribution in [2.24, 2.45) is 5.41 Å². The Kier molecular flexibility index (Phi) is 6.66. The molecule has 0 atom stereocenters. The van der Waals surface area contributed by atoms with Crippen molar-refractivity contribution in [1.82, 2.24) is 0 Å². The molecule has 1 aliphatic rings. The molecule has 0 aromatic heterocycles. The van der Waals surface area contributed by atoms with Crippen LogP contribution in [0.25, 0.3) is 0 Å². The lowest BCUT2D eigenvalue weighted by Gasteiger charge is -2.33. The molecule has 2 rings (SSSR count). The summed E-state index contributed by atoms with van der Waals surface area (Å²) in [4.78, 5) is 11.6. The quantitative estimate of drug-likeness (QED) is 0.449. The maximum absolute atomic E-state index is 11.6. The molecule has 0 N–H and O–H groups in total. The van der Waals surface area contributed by atoms with Crippen molar-refractivity contribution < 1.29 is 23.6 Å². The molecule has 0 bridgehead atoms. The second-order valence-corrected chi connectivity index (χ2v) is 8.25. The van der Waals surface area contributed by atoms with E-state index in [9.17, 15) is 4.79 Å². The smallest absolute Gasteiger partial charge is 0.458 e. The molecule has 1 aliphatic heterocycles. The molecule has 0 radical (unpaired) electrons. The minimum absolute atomic E-state index is 0.0190. The van der Waals surface area contributed by atoms with E-state index in [2.05, 4.69) is 13.8 Å². The van der Waals surface area contributed by atoms with Crippen LogP contribution in [0.15, 0.2) is 24.3 Å². The van der Waals surface area contributed by atoms with Crippen LogP contribution in [0, 0.1) is 5.41 Å². The lowest BCUT2D eigenvalue weighted by atomic mass is 9.75. The lowest BCUT2D eigenvalue weighted by Crippen LogP contribution is -2.47. The van der Waals surface area contributed by atoms with Crippen LogP contribution in [0.4, 0.5) is 0 Å². The summed E-state index contributed by atoms with van der Waals surface area (Å²) in [6.07, 6.45) is 0.739. The molecule has 1 saturated heterocycles. The average molecular weight is 348 g/mol. The van der Waals surface area contributed by atoms with Crippen LogP contribution in [-0.2, 0) is 30.0 Å². The van der Waals surface area contributed by atoms with Gasteiger partial charge in [-0.2, -0.15) is 0 Å². The SMILES string of the molecule is CC1(C)COB(c2ccc(CCOCC(=O)OC(C)(C)C)cc2)OC1. The Bertz CT molecular complexity index is 552. The van der Waals surface area contributed by atoms with E-state index in [0.29, 0.717) is 19.8 Å². The second kappa shape index (κ2) is 8.34. The predicted molar refractivity (Wildman–Crippen MR) is 97.9 cm³/mol. The third kappa shape index (κ3) is 7.18. The average Bonchev–Trinajstić information content (AvgIpc) is 2.51. The highest BCUT2D eigenvalue weighted by atomic mass is 16.6. The number of hydrogen-bond acceptors (Lipinski definition) is 5. The molecule has 0 unspecified atom stereocenters. The van der Waals surface area contributed by atoms with Crippen LogP contribution in [0.3, 0.4) is 0 Å². The van der Waals surface area contributed by atoms with Gasteiger partial charge < -0.3 is 18.8 Å². The summed E-state index contributed by atoms with van der Waals surface area (Å²) in [6.45, 7) is 11.6. The maximum Gasteiger partial charge on any atom is 0.493 e. The molecule has 0 spiro atoms. The summed E-state index contributed by atoms with van der Waals surface area (Å²) in [7, 11) is -0.287. The van der Waals surface area contributed by atoms with E-state index in [0.717, 1.165) is 17.4 Å². The van der Waals surface area contributed by atoms with E-state index in [-0.39, 0.29) is 25.1 Å². The molecular weight excluding hydrogens is 319 g/mol. The van der Waals surface area contributed by atoms with E-state index in [1.165, 1.54) is 0 Å². The number of carbonyl (C=O) groups is 1. The molecule has 1 heterocycles. The standard InChI is InChI=1S/C19H29BO5/c1-18(2,3)25-17(21)12-22-11-10-15-6-8-16(9-7-15)20-23-13-19(4,5)14-24-20/h6-9H,10-14H2,1-5H3. The fourth-order valence-corrected chi connectivity index (χ4v) is 2.44. The van der Waals surface area contributed by atoms with Crippen molar-refractivity contribution in [3.05, 3.63) is 29.8 Å². The lowest BCUT2D eigenvalue weighted by molar-refractivity contribution is -0.160. The monoisotopic (exact) mass is 348 g/mol. The van der Waals surface area contributed by atoms with Gasteiger partial charge in [-0.15, -0.1) is 0 Å². The molecule has 138 valence electrons. The van der Waals surface area contributed by atoms with Gasteiger partial charge in [0.2, 0.25) is 0 Å². The summed E-state index contributed by atoms with van der Waals surface area (Å²) in [5, 5.41) is 0. The van der Waals surface area contributed by atoms with Gasteiger partial charge in [-0.1, -0.05) is 38.1 Å². The molecule has 0 saturated carbocycles. The summed E-state index contributed by atoms with van der Waals surface area (Å²) in [5.41, 5.74) is 1.76. The van der Waals surface area contributed by atoms with Gasteiger partial charge in [0, 0.05) is 18.6 Å². The Morgan fingerprint density at radius 3 is 2.32 bits per heavy atom. The molecule has 1 fully saturated rings. The minimum atomic E-state index is -0.477. The van der Waals surface area contributed by atoms with E-state index >= 15 is 0 Å². The number of esters is 1. The van der Waals surface area contributed by atoms with Gasteiger partial charge in [0.1, 0.15) is 12.2 Å². The Balaban J connectivity index is 1.71. The third-order valence-electron chi connectivity index (χ3n) is 3.68. The van der Waals surface area contributed by atoms with Crippen molar-refractivity contribution >= 4 is 18.6 Å². The van der Waals surface area contributed by atoms with Crippen LogP contribution < -0.4 is 5.46 Å². The van der Waals surface area contributed by atoms with Crippen LogP contribution >= 0.6 is 0 Å². The van der Waals surface area contributed by atoms with Crippen LogP contribution in [0.5, 0.6) is 0 Å². The molecule has 1 aromatic carbocycles. The summed E-state index contributed by atoms with van der Waals surface area (Å²) < 4.78 is 22.2. The Labute approximate surface area is 151 Å². The number of ether oxygens (including phenoxy) is 2. The van der Waals surface area contributed by atoms with Crippen LogP contribution in [-0.4, -0.2) is 45.1 Å². The zero-order valence-corrected chi connectivity index (χ0v) is 16.0. The Morgan fingerprint density at radius 1 is 1.16 bits per heavy atom. The first-order valence-electron chi connectivity index (χ1n) is 8.76. The number of carbonyl (C=O) groups excluding carboxylic acids is 1. The number of hydrogen-bond donors (Lipinski definition) is 0. The van der Waals surface area contributed by atoms with Gasteiger partial charge >= 0.3 is 13.1 Å². The van der Waals surface area contributed by atoms with E-state index in [1.807, 2.05) is 45.0 Å².